The molecule has 2 nitrogen and oxygen atoms in total. The van der Waals surface area contributed by atoms with Crippen LogP contribution in [-0.4, -0.2) is 10.2 Å². The summed E-state index contributed by atoms with van der Waals surface area (Å²) in [4.78, 5) is 15.3. The quantitative estimate of drug-likeness (QED) is 0.706. The molecule has 0 unspecified atom stereocenters. The Morgan fingerprint density at radius 2 is 2.31 bits per heavy atom. The minimum absolute atomic E-state index is 0.348. The summed E-state index contributed by atoms with van der Waals surface area (Å²) in [5.41, 5.74) is 0.637. The van der Waals surface area contributed by atoms with E-state index in [1.807, 2.05) is 6.07 Å². The number of halogens is 2. The number of nitrogens with zero attached hydrogens (tertiary/aromatic N) is 1. The zero-order chi connectivity index (χ0) is 9.42. The number of carbonyl (C=O) groups excluding carboxylic acids is 1. The van der Waals surface area contributed by atoms with E-state index in [0.29, 0.717) is 15.4 Å². The van der Waals surface area contributed by atoms with Gasteiger partial charge in [-0.3, -0.25) is 9.78 Å². The van der Waals surface area contributed by atoms with E-state index in [0.717, 1.165) is 4.70 Å². The van der Waals surface area contributed by atoms with Gasteiger partial charge in [-0.05, 0) is 23.7 Å². The summed E-state index contributed by atoms with van der Waals surface area (Å²) < 4.78 is 0.872. The molecule has 2 heterocycles. The smallest absolute Gasteiger partial charge is 0.264 e. The van der Waals surface area contributed by atoms with Gasteiger partial charge >= 0.3 is 0 Å². The third-order valence-corrected chi connectivity index (χ3v) is 3.49. The Kier molecular flexibility index (Phi) is 2.24. The number of hydrogen-bond donors (Lipinski definition) is 0. The zero-order valence-electron chi connectivity index (χ0n) is 6.25. The van der Waals surface area contributed by atoms with E-state index in [9.17, 15) is 4.79 Å². The first-order chi connectivity index (χ1) is 6.20. The number of thiophene rings is 1. The Hall–Kier alpha value is -0.640. The summed E-state index contributed by atoms with van der Waals surface area (Å²) >= 11 is 12.5. The first-order valence-corrected chi connectivity index (χ1v) is 5.00. The van der Waals surface area contributed by atoms with Gasteiger partial charge in [-0.1, -0.05) is 11.6 Å². The van der Waals surface area contributed by atoms with Crippen LogP contribution < -0.4 is 0 Å². The van der Waals surface area contributed by atoms with Crippen LogP contribution in [0.2, 0.25) is 5.02 Å². The van der Waals surface area contributed by atoms with Gasteiger partial charge in [0.2, 0.25) is 0 Å². The number of aromatic nitrogens is 1. The summed E-state index contributed by atoms with van der Waals surface area (Å²) in [7, 11) is 0. The van der Waals surface area contributed by atoms with Crippen molar-refractivity contribution in [2.45, 2.75) is 0 Å². The van der Waals surface area contributed by atoms with E-state index < -0.39 is 5.24 Å². The fourth-order valence-electron chi connectivity index (χ4n) is 1.03. The molecule has 0 aliphatic heterocycles. The van der Waals surface area contributed by atoms with Gasteiger partial charge in [-0.2, -0.15) is 0 Å². The number of hydrogen-bond acceptors (Lipinski definition) is 3. The Labute approximate surface area is 88.1 Å². The van der Waals surface area contributed by atoms with E-state index >= 15 is 0 Å². The van der Waals surface area contributed by atoms with Crippen LogP contribution >= 0.6 is 34.5 Å². The maximum atomic E-state index is 10.9. The highest BCUT2D eigenvalue weighted by Crippen LogP contribution is 2.34. The molecule has 0 fully saturated rings. The lowest BCUT2D eigenvalue weighted by atomic mass is 10.4. The Morgan fingerprint density at radius 3 is 2.92 bits per heavy atom. The van der Waals surface area contributed by atoms with Crippen molar-refractivity contribution in [3.05, 3.63) is 28.2 Å². The molecule has 0 amide bonds. The first-order valence-electron chi connectivity index (χ1n) is 3.43. The standard InChI is InChI=1S/C8H3Cl2NOS/c9-5-6-4(2-1-3-11-6)13-7(5)8(10)12/h1-3H. The van der Waals surface area contributed by atoms with Crippen LogP contribution in [0.15, 0.2) is 18.3 Å². The van der Waals surface area contributed by atoms with Crippen molar-refractivity contribution in [2.24, 2.45) is 0 Å². The van der Waals surface area contributed by atoms with Gasteiger partial charge in [-0.25, -0.2) is 0 Å². The van der Waals surface area contributed by atoms with Crippen molar-refractivity contribution < 1.29 is 4.79 Å². The van der Waals surface area contributed by atoms with Crippen LogP contribution in [0.5, 0.6) is 0 Å². The first kappa shape index (κ1) is 8.94. The van der Waals surface area contributed by atoms with Crippen molar-refractivity contribution >= 4 is 50.0 Å². The van der Waals surface area contributed by atoms with Gasteiger partial charge < -0.3 is 0 Å². The topological polar surface area (TPSA) is 30.0 Å². The summed E-state index contributed by atoms with van der Waals surface area (Å²) in [6.07, 6.45) is 1.63. The molecule has 5 heteroatoms. The van der Waals surface area contributed by atoms with E-state index in [4.69, 9.17) is 23.2 Å². The minimum Gasteiger partial charge on any atom is -0.275 e. The molecule has 0 N–H and O–H groups in total. The Morgan fingerprint density at radius 1 is 1.54 bits per heavy atom. The average Bonchev–Trinajstić information content (AvgIpc) is 2.45. The van der Waals surface area contributed by atoms with Gasteiger partial charge in [0.05, 0.1) is 9.72 Å². The lowest BCUT2D eigenvalue weighted by Gasteiger charge is -1.86. The van der Waals surface area contributed by atoms with Gasteiger partial charge in [0.1, 0.15) is 10.4 Å². The van der Waals surface area contributed by atoms with E-state index in [1.54, 1.807) is 12.3 Å². The Bertz CT molecular complexity index is 480. The van der Waals surface area contributed by atoms with Crippen molar-refractivity contribution in [2.75, 3.05) is 0 Å². The average molecular weight is 232 g/mol. The van der Waals surface area contributed by atoms with E-state index in [1.165, 1.54) is 11.3 Å². The molecule has 0 radical (unpaired) electrons. The van der Waals surface area contributed by atoms with Crippen LogP contribution in [0.1, 0.15) is 9.67 Å². The minimum atomic E-state index is -0.534. The lowest BCUT2D eigenvalue weighted by Crippen LogP contribution is -1.82. The summed E-state index contributed by atoms with van der Waals surface area (Å²) in [6.45, 7) is 0. The van der Waals surface area contributed by atoms with E-state index in [-0.39, 0.29) is 0 Å². The molecule has 0 saturated carbocycles. The van der Waals surface area contributed by atoms with Crippen molar-refractivity contribution in [3.8, 4) is 0 Å². The molecule has 0 saturated heterocycles. The predicted octanol–water partition coefficient (Wildman–Crippen LogP) is 3.33. The normalized spacial score (nSPS) is 10.6. The van der Waals surface area contributed by atoms with Crippen LogP contribution in [0.4, 0.5) is 0 Å². The maximum Gasteiger partial charge on any atom is 0.264 e. The van der Waals surface area contributed by atoms with Gasteiger partial charge in [-0.15, -0.1) is 11.3 Å². The second kappa shape index (κ2) is 3.25. The fourth-order valence-corrected chi connectivity index (χ4v) is 2.58. The third-order valence-electron chi connectivity index (χ3n) is 1.57. The molecule has 0 atom stereocenters. The molecule has 0 bridgehead atoms. The van der Waals surface area contributed by atoms with Gasteiger partial charge in [0.25, 0.3) is 5.24 Å². The molecule has 2 aromatic rings. The lowest BCUT2D eigenvalue weighted by molar-refractivity contribution is 0.108. The number of rotatable bonds is 1. The highest BCUT2D eigenvalue weighted by molar-refractivity contribution is 7.22. The molecule has 66 valence electrons. The molecule has 0 spiro atoms. The maximum absolute atomic E-state index is 10.9. The number of pyridine rings is 1. The molecule has 0 aromatic carbocycles. The van der Waals surface area contributed by atoms with Gasteiger partial charge in [0.15, 0.2) is 0 Å². The molecule has 13 heavy (non-hydrogen) atoms. The summed E-state index contributed by atoms with van der Waals surface area (Å²) in [5.74, 6) is 0. The summed E-state index contributed by atoms with van der Waals surface area (Å²) in [6, 6.07) is 3.64. The van der Waals surface area contributed by atoms with Crippen molar-refractivity contribution in [1.82, 2.24) is 4.98 Å². The monoisotopic (exact) mass is 231 g/mol. The molecular weight excluding hydrogens is 229 g/mol. The molecule has 2 rings (SSSR count). The zero-order valence-corrected chi connectivity index (χ0v) is 8.58. The molecule has 2 aromatic heterocycles. The number of carbonyl (C=O) groups is 1. The second-order valence-electron chi connectivity index (χ2n) is 2.37. The van der Waals surface area contributed by atoms with Gasteiger partial charge in [0, 0.05) is 6.20 Å². The third kappa shape index (κ3) is 1.43. The second-order valence-corrected chi connectivity index (χ2v) is 4.14. The largest absolute Gasteiger partial charge is 0.275 e. The molecular formula is C8H3Cl2NOS. The molecule has 0 aliphatic carbocycles. The molecule has 0 aliphatic rings. The number of fused-ring (bicyclic) bond motifs is 1. The van der Waals surface area contributed by atoms with E-state index in [2.05, 4.69) is 4.98 Å². The predicted molar refractivity (Wildman–Crippen MR) is 54.8 cm³/mol. The van der Waals surface area contributed by atoms with Crippen LogP contribution in [0, 0.1) is 0 Å². The summed E-state index contributed by atoms with van der Waals surface area (Å²) in [5, 5.41) is -0.186. The highest BCUT2D eigenvalue weighted by Gasteiger charge is 2.15. The Balaban J connectivity index is 2.81. The van der Waals surface area contributed by atoms with Crippen LogP contribution in [-0.2, 0) is 0 Å². The fraction of sp³-hybridized carbons (Fsp3) is 0. The highest BCUT2D eigenvalue weighted by atomic mass is 35.5. The van der Waals surface area contributed by atoms with Crippen LogP contribution in [0.25, 0.3) is 10.2 Å². The van der Waals surface area contributed by atoms with Crippen molar-refractivity contribution in [3.63, 3.8) is 0 Å². The van der Waals surface area contributed by atoms with Crippen LogP contribution in [0.3, 0.4) is 0 Å². The van der Waals surface area contributed by atoms with Crippen molar-refractivity contribution in [1.29, 1.82) is 0 Å². The SMILES string of the molecule is O=C(Cl)c1sc2cccnc2c1Cl.